The highest BCUT2D eigenvalue weighted by Gasteiger charge is 2.23. The Hall–Kier alpha value is -1.81. The molecule has 1 saturated heterocycles. The molecule has 1 aromatic heterocycles. The van der Waals surface area contributed by atoms with Gasteiger partial charge in [-0.15, -0.1) is 0 Å². The van der Waals surface area contributed by atoms with Crippen LogP contribution < -0.4 is 10.1 Å². The van der Waals surface area contributed by atoms with Crippen molar-refractivity contribution in [3.05, 3.63) is 29.5 Å². The number of hydrogen-bond donors (Lipinski definition) is 1. The van der Waals surface area contributed by atoms with Gasteiger partial charge >= 0.3 is 0 Å². The number of nitrogens with one attached hydrogen (secondary N) is 1. The van der Waals surface area contributed by atoms with Crippen molar-refractivity contribution in [2.24, 2.45) is 11.8 Å². The van der Waals surface area contributed by atoms with E-state index in [9.17, 15) is 0 Å². The summed E-state index contributed by atoms with van der Waals surface area (Å²) in [5, 5.41) is 8.96. The Balaban J connectivity index is 1.53. The molecule has 0 bridgehead atoms. The number of benzene rings is 1. The minimum Gasteiger partial charge on any atom is -0.493 e. The molecule has 2 fully saturated rings. The van der Waals surface area contributed by atoms with Crippen molar-refractivity contribution in [1.82, 2.24) is 10.5 Å². The van der Waals surface area contributed by atoms with Gasteiger partial charge in [0, 0.05) is 5.39 Å². The van der Waals surface area contributed by atoms with E-state index in [1.165, 1.54) is 32.1 Å². The minimum atomic E-state index is 0.740. The SMILES string of the molecule is CC=Cc1c(OCC2CC2)ccc2c(CCC3CCNCC3)noc12. The van der Waals surface area contributed by atoms with E-state index >= 15 is 0 Å². The third-order valence-corrected chi connectivity index (χ3v) is 5.47. The van der Waals surface area contributed by atoms with Crippen LogP contribution in [0.4, 0.5) is 0 Å². The van der Waals surface area contributed by atoms with Gasteiger partial charge in [-0.1, -0.05) is 17.3 Å². The zero-order valence-corrected chi connectivity index (χ0v) is 15.1. The molecule has 25 heavy (non-hydrogen) atoms. The van der Waals surface area contributed by atoms with E-state index in [-0.39, 0.29) is 0 Å². The molecule has 2 aromatic rings. The summed E-state index contributed by atoms with van der Waals surface area (Å²) in [4.78, 5) is 0. The average Bonchev–Trinajstić information content (AvgIpc) is 3.39. The van der Waals surface area contributed by atoms with Crippen molar-refractivity contribution in [3.8, 4) is 5.75 Å². The van der Waals surface area contributed by atoms with Crippen LogP contribution in [-0.4, -0.2) is 24.9 Å². The standard InChI is InChI=1S/C21H28N2O2/c1-2-3-18-20(24-14-16-4-5-16)9-7-17-19(23-25-21(17)18)8-6-15-10-12-22-13-11-15/h2-3,7,9,15-16,22H,4-6,8,10-14H2,1H3. The molecule has 1 aliphatic heterocycles. The fraction of sp³-hybridized carbons (Fsp3) is 0.571. The quantitative estimate of drug-likeness (QED) is 0.801. The van der Waals surface area contributed by atoms with Crippen LogP contribution >= 0.6 is 0 Å². The van der Waals surface area contributed by atoms with Crippen molar-refractivity contribution < 1.29 is 9.26 Å². The molecule has 4 nitrogen and oxygen atoms in total. The Bertz CT molecular complexity index is 740. The number of allylic oxidation sites excluding steroid dienone is 1. The first-order valence-corrected chi connectivity index (χ1v) is 9.72. The van der Waals surface area contributed by atoms with E-state index in [1.54, 1.807) is 0 Å². The van der Waals surface area contributed by atoms with Gasteiger partial charge in [-0.05, 0) is 82.5 Å². The van der Waals surface area contributed by atoms with Crippen molar-refractivity contribution in [2.75, 3.05) is 19.7 Å². The molecule has 0 unspecified atom stereocenters. The average molecular weight is 340 g/mol. The third-order valence-electron chi connectivity index (χ3n) is 5.47. The Morgan fingerprint density at radius 2 is 2.04 bits per heavy atom. The summed E-state index contributed by atoms with van der Waals surface area (Å²) >= 11 is 0. The predicted octanol–water partition coefficient (Wildman–Crippen LogP) is 4.58. The molecule has 134 valence electrons. The molecule has 2 aliphatic rings. The van der Waals surface area contributed by atoms with E-state index in [4.69, 9.17) is 9.26 Å². The summed E-state index contributed by atoms with van der Waals surface area (Å²) in [6.07, 6.45) is 11.5. The molecule has 0 radical (unpaired) electrons. The summed E-state index contributed by atoms with van der Waals surface area (Å²) in [5.74, 6) is 2.46. The maximum absolute atomic E-state index is 6.04. The first-order valence-electron chi connectivity index (χ1n) is 9.72. The summed E-state index contributed by atoms with van der Waals surface area (Å²) in [7, 11) is 0. The molecule has 1 aromatic carbocycles. The molecule has 0 spiro atoms. The van der Waals surface area contributed by atoms with Gasteiger partial charge in [0.1, 0.15) is 5.75 Å². The lowest BCUT2D eigenvalue weighted by molar-refractivity contribution is 0.299. The van der Waals surface area contributed by atoms with Crippen LogP contribution in [0.2, 0.25) is 0 Å². The Morgan fingerprint density at radius 3 is 2.80 bits per heavy atom. The van der Waals surface area contributed by atoms with Crippen molar-refractivity contribution in [3.63, 3.8) is 0 Å². The molecule has 0 amide bonds. The van der Waals surface area contributed by atoms with Crippen LogP contribution in [-0.2, 0) is 6.42 Å². The van der Waals surface area contributed by atoms with E-state index in [0.717, 1.165) is 65.9 Å². The Labute approximate surface area is 149 Å². The van der Waals surface area contributed by atoms with Gasteiger partial charge < -0.3 is 14.6 Å². The topological polar surface area (TPSA) is 47.3 Å². The lowest BCUT2D eigenvalue weighted by Crippen LogP contribution is -2.27. The molecule has 2 heterocycles. The third kappa shape index (κ3) is 3.90. The minimum absolute atomic E-state index is 0.740. The molecule has 4 heteroatoms. The number of hydrogen-bond acceptors (Lipinski definition) is 4. The monoisotopic (exact) mass is 340 g/mol. The van der Waals surface area contributed by atoms with E-state index in [2.05, 4.69) is 28.7 Å². The van der Waals surface area contributed by atoms with Gasteiger partial charge in [0.15, 0.2) is 5.58 Å². The Kier molecular flexibility index (Phi) is 5.07. The Morgan fingerprint density at radius 1 is 1.20 bits per heavy atom. The van der Waals surface area contributed by atoms with Crippen molar-refractivity contribution in [1.29, 1.82) is 0 Å². The first-order chi connectivity index (χ1) is 12.3. The van der Waals surface area contributed by atoms with E-state index < -0.39 is 0 Å². The number of piperidine rings is 1. The second kappa shape index (κ2) is 7.61. The van der Waals surface area contributed by atoms with Crippen LogP contribution in [0.5, 0.6) is 5.75 Å². The zero-order chi connectivity index (χ0) is 17.1. The lowest BCUT2D eigenvalue weighted by Gasteiger charge is -2.21. The van der Waals surface area contributed by atoms with Crippen molar-refractivity contribution in [2.45, 2.75) is 45.4 Å². The van der Waals surface area contributed by atoms with E-state index in [0.29, 0.717) is 0 Å². The smallest absolute Gasteiger partial charge is 0.178 e. The summed E-state index contributed by atoms with van der Waals surface area (Å²) < 4.78 is 11.8. The number of aromatic nitrogens is 1. The fourth-order valence-electron chi connectivity index (χ4n) is 3.69. The van der Waals surface area contributed by atoms with Gasteiger partial charge in [0.25, 0.3) is 0 Å². The zero-order valence-electron chi connectivity index (χ0n) is 15.1. The predicted molar refractivity (Wildman–Crippen MR) is 101 cm³/mol. The fourth-order valence-corrected chi connectivity index (χ4v) is 3.69. The van der Waals surface area contributed by atoms with Crippen LogP contribution in [0.1, 0.15) is 50.3 Å². The first kappa shape index (κ1) is 16.6. The highest BCUT2D eigenvalue weighted by atomic mass is 16.5. The van der Waals surface area contributed by atoms with Crippen LogP contribution in [0.15, 0.2) is 22.7 Å². The second-order valence-electron chi connectivity index (χ2n) is 7.47. The maximum atomic E-state index is 6.04. The largest absolute Gasteiger partial charge is 0.493 e. The number of ether oxygens (including phenoxy) is 1. The van der Waals surface area contributed by atoms with Gasteiger partial charge in [-0.2, -0.15) is 0 Å². The number of fused-ring (bicyclic) bond motifs is 1. The molecule has 4 rings (SSSR count). The van der Waals surface area contributed by atoms with Crippen LogP contribution in [0.3, 0.4) is 0 Å². The number of aryl methyl sites for hydroxylation is 1. The molecule has 1 N–H and O–H groups in total. The molecule has 1 saturated carbocycles. The summed E-state index contributed by atoms with van der Waals surface area (Å²) in [6, 6.07) is 4.21. The molecule has 0 atom stereocenters. The van der Waals surface area contributed by atoms with Gasteiger partial charge in [0.2, 0.25) is 0 Å². The number of rotatable bonds is 7. The van der Waals surface area contributed by atoms with Gasteiger partial charge in [-0.25, -0.2) is 0 Å². The van der Waals surface area contributed by atoms with Crippen LogP contribution in [0, 0.1) is 11.8 Å². The summed E-state index contributed by atoms with van der Waals surface area (Å²) in [5.41, 5.74) is 2.99. The van der Waals surface area contributed by atoms with Gasteiger partial charge in [-0.3, -0.25) is 0 Å². The lowest BCUT2D eigenvalue weighted by atomic mass is 9.92. The molecular weight excluding hydrogens is 312 g/mol. The maximum Gasteiger partial charge on any atom is 0.178 e. The molecule has 1 aliphatic carbocycles. The van der Waals surface area contributed by atoms with Crippen LogP contribution in [0.25, 0.3) is 17.0 Å². The normalized spacial score (nSPS) is 19.1. The number of nitrogens with zero attached hydrogens (tertiary/aromatic N) is 1. The highest BCUT2D eigenvalue weighted by molar-refractivity contribution is 5.90. The van der Waals surface area contributed by atoms with Gasteiger partial charge in [0.05, 0.1) is 17.9 Å². The van der Waals surface area contributed by atoms with Crippen molar-refractivity contribution >= 4 is 17.0 Å². The summed E-state index contributed by atoms with van der Waals surface area (Å²) in [6.45, 7) is 5.14. The second-order valence-corrected chi connectivity index (χ2v) is 7.47. The molecular formula is C21H28N2O2. The van der Waals surface area contributed by atoms with E-state index in [1.807, 2.05) is 13.0 Å². The highest BCUT2D eigenvalue weighted by Crippen LogP contribution is 2.35.